The summed E-state index contributed by atoms with van der Waals surface area (Å²) in [5.74, 6) is 1.08. The Kier molecular flexibility index (Phi) is 3.58. The Labute approximate surface area is 93.1 Å². The first-order valence-corrected chi connectivity index (χ1v) is 5.84. The van der Waals surface area contributed by atoms with Crippen molar-refractivity contribution in [3.63, 3.8) is 0 Å². The largest absolute Gasteiger partial charge is 0.355 e. The third-order valence-electron chi connectivity index (χ3n) is 3.53. The molecular formula is C13H23NO. The minimum absolute atomic E-state index is 0.0164. The van der Waals surface area contributed by atoms with Crippen LogP contribution in [-0.4, -0.2) is 12.5 Å². The van der Waals surface area contributed by atoms with Gasteiger partial charge < -0.3 is 5.32 Å². The van der Waals surface area contributed by atoms with E-state index in [0.717, 1.165) is 12.8 Å². The number of carbonyl (C=O) groups is 1. The van der Waals surface area contributed by atoms with Gasteiger partial charge in [0.25, 0.3) is 0 Å². The first-order chi connectivity index (χ1) is 6.88. The Morgan fingerprint density at radius 3 is 2.47 bits per heavy atom. The molecule has 0 spiro atoms. The highest BCUT2D eigenvalue weighted by Crippen LogP contribution is 2.38. The topological polar surface area (TPSA) is 29.1 Å². The summed E-state index contributed by atoms with van der Waals surface area (Å²) in [4.78, 5) is 11.6. The van der Waals surface area contributed by atoms with Crippen LogP contribution in [0.3, 0.4) is 0 Å². The van der Waals surface area contributed by atoms with Crippen molar-refractivity contribution in [1.82, 2.24) is 5.32 Å². The molecule has 0 saturated heterocycles. The van der Waals surface area contributed by atoms with Crippen LogP contribution in [-0.2, 0) is 4.79 Å². The fraction of sp³-hybridized carbons (Fsp3) is 0.769. The SMILES string of the molecule is C=C(CC)C(C)(C)CNC(=O)C1CC1C. The van der Waals surface area contributed by atoms with Crippen molar-refractivity contribution in [2.24, 2.45) is 17.3 Å². The van der Waals surface area contributed by atoms with Gasteiger partial charge in [-0.25, -0.2) is 0 Å². The van der Waals surface area contributed by atoms with E-state index in [-0.39, 0.29) is 17.2 Å². The predicted octanol–water partition coefficient (Wildman–Crippen LogP) is 2.75. The summed E-state index contributed by atoms with van der Waals surface area (Å²) in [5, 5.41) is 3.03. The van der Waals surface area contributed by atoms with Gasteiger partial charge in [0.1, 0.15) is 0 Å². The number of carbonyl (C=O) groups excluding carboxylic acids is 1. The summed E-state index contributed by atoms with van der Waals surface area (Å²) in [6, 6.07) is 0. The van der Waals surface area contributed by atoms with Gasteiger partial charge >= 0.3 is 0 Å². The van der Waals surface area contributed by atoms with E-state index in [4.69, 9.17) is 0 Å². The number of nitrogens with one attached hydrogen (secondary N) is 1. The second-order valence-electron chi connectivity index (χ2n) is 5.38. The maximum atomic E-state index is 11.6. The first-order valence-electron chi connectivity index (χ1n) is 5.84. The van der Waals surface area contributed by atoms with E-state index in [1.807, 2.05) is 0 Å². The smallest absolute Gasteiger partial charge is 0.223 e. The minimum Gasteiger partial charge on any atom is -0.355 e. The average molecular weight is 209 g/mol. The fourth-order valence-electron chi connectivity index (χ4n) is 1.73. The highest BCUT2D eigenvalue weighted by molar-refractivity contribution is 5.81. The third kappa shape index (κ3) is 3.08. The Morgan fingerprint density at radius 1 is 1.53 bits per heavy atom. The zero-order chi connectivity index (χ0) is 11.6. The van der Waals surface area contributed by atoms with E-state index in [0.29, 0.717) is 12.5 Å². The van der Waals surface area contributed by atoms with Crippen LogP contribution in [0.5, 0.6) is 0 Å². The molecule has 0 aliphatic heterocycles. The van der Waals surface area contributed by atoms with Crippen molar-refractivity contribution in [2.75, 3.05) is 6.54 Å². The van der Waals surface area contributed by atoms with Gasteiger partial charge in [0.05, 0.1) is 0 Å². The molecule has 86 valence electrons. The van der Waals surface area contributed by atoms with Crippen molar-refractivity contribution in [3.8, 4) is 0 Å². The predicted molar refractivity (Wildman–Crippen MR) is 63.5 cm³/mol. The monoisotopic (exact) mass is 209 g/mol. The van der Waals surface area contributed by atoms with Crippen LogP contribution < -0.4 is 5.32 Å². The molecule has 1 aliphatic rings. The van der Waals surface area contributed by atoms with E-state index in [2.05, 4.69) is 39.6 Å². The van der Waals surface area contributed by atoms with Crippen LogP contribution in [0.15, 0.2) is 12.2 Å². The molecule has 2 atom stereocenters. The summed E-state index contributed by atoms with van der Waals surface area (Å²) in [6.45, 7) is 13.3. The van der Waals surface area contributed by atoms with Crippen LogP contribution >= 0.6 is 0 Å². The molecular weight excluding hydrogens is 186 g/mol. The van der Waals surface area contributed by atoms with Gasteiger partial charge in [-0.05, 0) is 18.8 Å². The summed E-state index contributed by atoms with van der Waals surface area (Å²) in [5.41, 5.74) is 1.22. The summed E-state index contributed by atoms with van der Waals surface area (Å²) in [7, 11) is 0. The normalized spacial score (nSPS) is 24.8. The molecule has 0 aromatic carbocycles. The van der Waals surface area contributed by atoms with Gasteiger partial charge in [-0.3, -0.25) is 4.79 Å². The average Bonchev–Trinajstić information content (AvgIpc) is 2.90. The van der Waals surface area contributed by atoms with Crippen molar-refractivity contribution in [2.45, 2.75) is 40.5 Å². The van der Waals surface area contributed by atoms with Crippen molar-refractivity contribution >= 4 is 5.91 Å². The molecule has 1 saturated carbocycles. The lowest BCUT2D eigenvalue weighted by atomic mass is 9.83. The molecule has 0 aromatic heterocycles. The Bertz CT molecular complexity index is 268. The maximum Gasteiger partial charge on any atom is 0.223 e. The second kappa shape index (κ2) is 4.38. The second-order valence-corrected chi connectivity index (χ2v) is 5.38. The van der Waals surface area contributed by atoms with Gasteiger partial charge in [-0.1, -0.05) is 39.8 Å². The van der Waals surface area contributed by atoms with Gasteiger partial charge in [0, 0.05) is 17.9 Å². The van der Waals surface area contributed by atoms with E-state index in [1.165, 1.54) is 5.57 Å². The lowest BCUT2D eigenvalue weighted by Crippen LogP contribution is -2.35. The fourth-order valence-corrected chi connectivity index (χ4v) is 1.73. The number of hydrogen-bond acceptors (Lipinski definition) is 1. The molecule has 15 heavy (non-hydrogen) atoms. The van der Waals surface area contributed by atoms with E-state index < -0.39 is 0 Å². The van der Waals surface area contributed by atoms with Crippen LogP contribution in [0.1, 0.15) is 40.5 Å². The molecule has 0 bridgehead atoms. The molecule has 0 radical (unpaired) electrons. The van der Waals surface area contributed by atoms with Crippen molar-refractivity contribution in [1.29, 1.82) is 0 Å². The van der Waals surface area contributed by atoms with Gasteiger partial charge in [0.2, 0.25) is 5.91 Å². The molecule has 1 rings (SSSR count). The van der Waals surface area contributed by atoms with Crippen molar-refractivity contribution in [3.05, 3.63) is 12.2 Å². The minimum atomic E-state index is 0.0164. The number of rotatable bonds is 5. The lowest BCUT2D eigenvalue weighted by molar-refractivity contribution is -0.122. The van der Waals surface area contributed by atoms with Crippen LogP contribution in [0.2, 0.25) is 0 Å². The Hall–Kier alpha value is -0.790. The Balaban J connectivity index is 2.35. The standard InChI is InChI=1S/C13H23NO/c1-6-10(3)13(4,5)8-14-12(15)11-7-9(11)2/h9,11H,3,6-8H2,1-2,4-5H3,(H,14,15). The summed E-state index contributed by atoms with van der Waals surface area (Å²) in [6.07, 6.45) is 2.03. The van der Waals surface area contributed by atoms with E-state index in [1.54, 1.807) is 0 Å². The van der Waals surface area contributed by atoms with E-state index >= 15 is 0 Å². The molecule has 2 unspecified atom stereocenters. The van der Waals surface area contributed by atoms with Gasteiger partial charge in [0.15, 0.2) is 0 Å². The Morgan fingerprint density at radius 2 is 2.07 bits per heavy atom. The maximum absolute atomic E-state index is 11.6. The molecule has 2 heteroatoms. The summed E-state index contributed by atoms with van der Waals surface area (Å²) < 4.78 is 0. The molecule has 1 N–H and O–H groups in total. The molecule has 1 aliphatic carbocycles. The highest BCUT2D eigenvalue weighted by atomic mass is 16.2. The van der Waals surface area contributed by atoms with E-state index in [9.17, 15) is 4.79 Å². The van der Waals surface area contributed by atoms with Crippen molar-refractivity contribution < 1.29 is 4.79 Å². The summed E-state index contributed by atoms with van der Waals surface area (Å²) >= 11 is 0. The number of hydrogen-bond donors (Lipinski definition) is 1. The first kappa shape index (κ1) is 12.3. The molecule has 1 amide bonds. The third-order valence-corrected chi connectivity index (χ3v) is 3.53. The van der Waals surface area contributed by atoms with Gasteiger partial charge in [-0.15, -0.1) is 0 Å². The lowest BCUT2D eigenvalue weighted by Gasteiger charge is -2.27. The highest BCUT2D eigenvalue weighted by Gasteiger charge is 2.39. The zero-order valence-corrected chi connectivity index (χ0v) is 10.4. The molecule has 0 aromatic rings. The molecule has 0 heterocycles. The van der Waals surface area contributed by atoms with Crippen LogP contribution in [0.25, 0.3) is 0 Å². The quantitative estimate of drug-likeness (QED) is 0.693. The van der Waals surface area contributed by atoms with Crippen LogP contribution in [0.4, 0.5) is 0 Å². The zero-order valence-electron chi connectivity index (χ0n) is 10.4. The van der Waals surface area contributed by atoms with Crippen LogP contribution in [0, 0.1) is 17.3 Å². The number of amides is 1. The molecule has 1 fully saturated rings. The van der Waals surface area contributed by atoms with Gasteiger partial charge in [-0.2, -0.15) is 0 Å². The molecule has 2 nitrogen and oxygen atoms in total.